The average Bonchev–Trinajstić information content (AvgIpc) is 3.46. The monoisotopic (exact) mass is 688 g/mol. The van der Waals surface area contributed by atoms with Crippen LogP contribution in [0.3, 0.4) is 0 Å². The smallest absolute Gasteiger partial charge is 0.435 e. The Hall–Kier alpha value is -4.88. The largest absolute Gasteiger partial charge is 0.483 e. The van der Waals surface area contributed by atoms with Crippen LogP contribution in [0.4, 0.5) is 18.9 Å². The van der Waals surface area contributed by atoms with Gasteiger partial charge in [-0.15, -0.1) is 6.42 Å². The van der Waals surface area contributed by atoms with Crippen molar-refractivity contribution in [3.63, 3.8) is 0 Å². The second-order valence-electron chi connectivity index (χ2n) is 11.7. The van der Waals surface area contributed by atoms with Gasteiger partial charge in [0, 0.05) is 55.8 Å². The fraction of sp³-hybridized carbons (Fsp3) is 0.419. The summed E-state index contributed by atoms with van der Waals surface area (Å²) in [7, 11) is 1.41. The summed E-state index contributed by atoms with van der Waals surface area (Å²) in [6, 6.07) is 4.37. The number of rotatable bonds is 7. The predicted molar refractivity (Wildman–Crippen MR) is 167 cm³/mol. The highest BCUT2D eigenvalue weighted by Crippen LogP contribution is 2.46. The Balaban J connectivity index is 0.00000145. The number of piperidine rings is 2. The van der Waals surface area contributed by atoms with Crippen LogP contribution >= 0.6 is 11.6 Å². The Morgan fingerprint density at radius 3 is 2.46 bits per heavy atom. The summed E-state index contributed by atoms with van der Waals surface area (Å²) in [6.07, 6.45) is 4.48. The van der Waals surface area contributed by atoms with Crippen molar-refractivity contribution in [2.45, 2.75) is 31.6 Å². The molecule has 17 heteroatoms. The number of aromatic nitrogens is 4. The van der Waals surface area contributed by atoms with Crippen molar-refractivity contribution in [1.29, 1.82) is 0 Å². The van der Waals surface area contributed by atoms with E-state index in [0.29, 0.717) is 13.1 Å². The second kappa shape index (κ2) is 14.1. The van der Waals surface area contributed by atoms with Crippen LogP contribution in [-0.4, -0.2) is 85.8 Å². The minimum atomic E-state index is -4.75. The molecule has 1 saturated carbocycles. The Morgan fingerprint density at radius 1 is 1.19 bits per heavy atom. The number of carboxylic acid groups (broad SMARTS) is 1. The molecule has 2 unspecified atom stereocenters. The van der Waals surface area contributed by atoms with E-state index in [1.807, 2.05) is 4.90 Å². The maximum Gasteiger partial charge on any atom is 0.435 e. The normalized spacial score (nSPS) is 20.2. The first-order valence-corrected chi connectivity index (χ1v) is 15.3. The topological polar surface area (TPSA) is 163 Å². The van der Waals surface area contributed by atoms with Gasteiger partial charge >= 0.3 is 6.18 Å². The zero-order valence-electron chi connectivity index (χ0n) is 25.6. The number of terminal acetylenes is 1. The van der Waals surface area contributed by atoms with Gasteiger partial charge in [0.25, 0.3) is 18.3 Å². The first-order chi connectivity index (χ1) is 22.9. The quantitative estimate of drug-likeness (QED) is 0.218. The van der Waals surface area contributed by atoms with Gasteiger partial charge < -0.3 is 30.5 Å². The molecule has 6 rings (SSSR count). The van der Waals surface area contributed by atoms with E-state index in [4.69, 9.17) is 27.9 Å². The standard InChI is InChI=1S/C30H30ClF3N8O3.CH2O2/c1-3-10-42-15-21(25(39-42)30(32,33)34)23-12-36-26(40(23)2)28(44)37-17-4-5-18(22(31)11-17)27(43)38-24-19-13-41(14-20(19)24)29(45)16-6-8-35-9-7-16;2-1-3/h1,4-5,11-12,15-16,19-20,24,35H,6-10,13-14H2,2H3,(H,37,44)(H,38,43);1H,(H,2,3). The van der Waals surface area contributed by atoms with Crippen molar-refractivity contribution in [3.05, 3.63) is 52.7 Å². The minimum Gasteiger partial charge on any atom is -0.483 e. The highest BCUT2D eigenvalue weighted by Gasteiger charge is 2.57. The van der Waals surface area contributed by atoms with Crippen LogP contribution < -0.4 is 16.0 Å². The van der Waals surface area contributed by atoms with E-state index in [1.165, 1.54) is 29.8 Å². The highest BCUT2D eigenvalue weighted by molar-refractivity contribution is 6.34. The number of amides is 3. The van der Waals surface area contributed by atoms with E-state index in [0.717, 1.165) is 43.0 Å². The van der Waals surface area contributed by atoms with E-state index < -0.39 is 17.8 Å². The van der Waals surface area contributed by atoms with Crippen molar-refractivity contribution >= 4 is 41.5 Å². The molecule has 254 valence electrons. The fourth-order valence-electron chi connectivity index (χ4n) is 6.30. The number of carbonyl (C=O) groups excluding carboxylic acids is 3. The second-order valence-corrected chi connectivity index (χ2v) is 12.1. The Kier molecular flexibility index (Phi) is 10.1. The molecule has 1 aliphatic carbocycles. The summed E-state index contributed by atoms with van der Waals surface area (Å²) in [5.41, 5.74) is -0.911. The van der Waals surface area contributed by atoms with Crippen LogP contribution in [0.15, 0.2) is 30.6 Å². The maximum atomic E-state index is 13.6. The number of likely N-dealkylation sites (tertiary alicyclic amines) is 1. The lowest BCUT2D eigenvalue weighted by Crippen LogP contribution is -2.43. The van der Waals surface area contributed by atoms with Crippen molar-refractivity contribution in [2.24, 2.45) is 24.8 Å². The third-order valence-corrected chi connectivity index (χ3v) is 9.03. The molecule has 0 radical (unpaired) electrons. The maximum absolute atomic E-state index is 13.6. The molecule has 48 heavy (non-hydrogen) atoms. The molecule has 2 aromatic heterocycles. The number of anilines is 1. The van der Waals surface area contributed by atoms with Crippen molar-refractivity contribution < 1.29 is 37.5 Å². The summed E-state index contributed by atoms with van der Waals surface area (Å²) in [5, 5.41) is 19.5. The number of hydrogen-bond acceptors (Lipinski definition) is 7. The predicted octanol–water partition coefficient (Wildman–Crippen LogP) is 2.73. The van der Waals surface area contributed by atoms with Crippen LogP contribution in [0.25, 0.3) is 11.3 Å². The van der Waals surface area contributed by atoms with Crippen LogP contribution in [0.2, 0.25) is 5.02 Å². The Morgan fingerprint density at radius 2 is 1.85 bits per heavy atom. The molecule has 3 fully saturated rings. The first kappa shape index (κ1) is 34.5. The van der Waals surface area contributed by atoms with Gasteiger partial charge in [-0.3, -0.25) is 23.9 Å². The molecule has 3 amide bonds. The summed E-state index contributed by atoms with van der Waals surface area (Å²) < 4.78 is 43.2. The Bertz CT molecular complexity index is 1750. The van der Waals surface area contributed by atoms with Gasteiger partial charge in [-0.25, -0.2) is 4.98 Å². The average molecular weight is 689 g/mol. The van der Waals surface area contributed by atoms with Gasteiger partial charge in [0.1, 0.15) is 6.54 Å². The molecule has 1 aromatic carbocycles. The van der Waals surface area contributed by atoms with Crippen molar-refractivity contribution in [3.8, 4) is 23.6 Å². The first-order valence-electron chi connectivity index (χ1n) is 15.0. The van der Waals surface area contributed by atoms with E-state index in [-0.39, 0.29) is 82.0 Å². The number of halogens is 4. The summed E-state index contributed by atoms with van der Waals surface area (Å²) >= 11 is 6.41. The van der Waals surface area contributed by atoms with Crippen LogP contribution in [0.5, 0.6) is 0 Å². The number of benzene rings is 1. The van der Waals surface area contributed by atoms with Crippen LogP contribution in [0, 0.1) is 30.1 Å². The lowest BCUT2D eigenvalue weighted by molar-refractivity contribution is -0.141. The minimum absolute atomic E-state index is 0.0180. The number of fused-ring (bicyclic) bond motifs is 1. The number of nitrogens with one attached hydrogen (secondary N) is 3. The van der Waals surface area contributed by atoms with E-state index in [1.54, 1.807) is 0 Å². The molecule has 4 heterocycles. The number of nitrogens with zero attached hydrogens (tertiary/aromatic N) is 5. The fourth-order valence-corrected chi connectivity index (χ4v) is 6.57. The van der Waals surface area contributed by atoms with Crippen molar-refractivity contribution in [1.82, 2.24) is 34.9 Å². The number of alkyl halides is 3. The lowest BCUT2D eigenvalue weighted by Gasteiger charge is -2.28. The van der Waals surface area contributed by atoms with Gasteiger partial charge in [-0.05, 0) is 44.1 Å². The van der Waals surface area contributed by atoms with Gasteiger partial charge in [0.05, 0.1) is 28.0 Å². The van der Waals surface area contributed by atoms with Gasteiger partial charge in [0.15, 0.2) is 11.5 Å². The SMILES string of the molecule is C#CCn1cc(-c2cnc(C(=O)Nc3ccc(C(=O)NC4C5CN(C(=O)C6CCNCC6)CC54)c(Cl)c3)n2C)c(C(F)(F)F)n1.O=CO. The summed E-state index contributed by atoms with van der Waals surface area (Å²) in [4.78, 5) is 53.2. The van der Waals surface area contributed by atoms with Gasteiger partial charge in [-0.1, -0.05) is 17.5 Å². The molecule has 3 aliphatic rings. The van der Waals surface area contributed by atoms with Crippen molar-refractivity contribution in [2.75, 3.05) is 31.5 Å². The molecule has 2 atom stereocenters. The lowest BCUT2D eigenvalue weighted by atomic mass is 9.96. The molecule has 2 aliphatic heterocycles. The zero-order valence-corrected chi connectivity index (χ0v) is 26.4. The summed E-state index contributed by atoms with van der Waals surface area (Å²) in [5.74, 6) is 1.75. The Labute approximate surface area is 277 Å². The number of imidazole rings is 1. The third kappa shape index (κ3) is 7.16. The molecular weight excluding hydrogens is 657 g/mol. The van der Waals surface area contributed by atoms with Gasteiger partial charge in [0.2, 0.25) is 5.91 Å². The summed E-state index contributed by atoms with van der Waals surface area (Å²) in [6.45, 7) is 2.57. The molecule has 4 N–H and O–H groups in total. The molecule has 13 nitrogen and oxygen atoms in total. The highest BCUT2D eigenvalue weighted by atomic mass is 35.5. The van der Waals surface area contributed by atoms with Gasteiger partial charge in [-0.2, -0.15) is 18.3 Å². The molecule has 0 bridgehead atoms. The van der Waals surface area contributed by atoms with Crippen LogP contribution in [0.1, 0.15) is 39.5 Å². The van der Waals surface area contributed by atoms with Crippen LogP contribution in [-0.2, 0) is 29.4 Å². The molecule has 0 spiro atoms. The molecule has 2 saturated heterocycles. The zero-order chi connectivity index (χ0) is 34.7. The molecule has 3 aromatic rings. The number of carbonyl (C=O) groups is 4. The molecular formula is C31H32ClF3N8O5. The van der Waals surface area contributed by atoms with E-state index >= 15 is 0 Å². The van der Waals surface area contributed by atoms with E-state index in [2.05, 4.69) is 32.0 Å². The van der Waals surface area contributed by atoms with E-state index in [9.17, 15) is 27.6 Å². The number of hydrogen-bond donors (Lipinski definition) is 4. The third-order valence-electron chi connectivity index (χ3n) is 8.71.